The number of ether oxygens (including phenoxy) is 1. The molecule has 5 heteroatoms. The molecule has 0 unspecified atom stereocenters. The van der Waals surface area contributed by atoms with Crippen LogP contribution in [0.1, 0.15) is 0 Å². The van der Waals surface area contributed by atoms with Gasteiger partial charge in [0.1, 0.15) is 6.61 Å². The molecular weight excluding hydrogens is 186 g/mol. The SMILES string of the molecule is C=CCOC(=O)N1C[C@@H]2[C@@H](C(=O)O)[C@@H]21. The average molecular weight is 197 g/mol. The van der Waals surface area contributed by atoms with Crippen LogP contribution in [-0.4, -0.2) is 41.3 Å². The van der Waals surface area contributed by atoms with E-state index in [1.165, 1.54) is 11.0 Å². The first-order valence-corrected chi connectivity index (χ1v) is 4.44. The van der Waals surface area contributed by atoms with Crippen molar-refractivity contribution >= 4 is 12.1 Å². The number of rotatable bonds is 3. The molecule has 0 aromatic carbocycles. The van der Waals surface area contributed by atoms with Crippen LogP contribution in [0.2, 0.25) is 0 Å². The molecule has 2 aliphatic rings. The lowest BCUT2D eigenvalue weighted by Gasteiger charge is -2.28. The first-order valence-electron chi connectivity index (χ1n) is 4.44. The molecule has 1 heterocycles. The Labute approximate surface area is 80.9 Å². The number of likely N-dealkylation sites (tertiary alicyclic amines) is 1. The van der Waals surface area contributed by atoms with Gasteiger partial charge in [0, 0.05) is 12.5 Å². The third-order valence-corrected chi connectivity index (χ3v) is 2.74. The van der Waals surface area contributed by atoms with E-state index in [9.17, 15) is 9.59 Å². The predicted molar refractivity (Wildman–Crippen MR) is 46.7 cm³/mol. The van der Waals surface area contributed by atoms with Crippen LogP contribution in [-0.2, 0) is 9.53 Å². The van der Waals surface area contributed by atoms with Crippen LogP contribution in [0.4, 0.5) is 4.79 Å². The van der Waals surface area contributed by atoms with Crippen LogP contribution >= 0.6 is 0 Å². The van der Waals surface area contributed by atoms with Crippen molar-refractivity contribution in [2.24, 2.45) is 11.8 Å². The Morgan fingerprint density at radius 2 is 2.36 bits per heavy atom. The van der Waals surface area contributed by atoms with Crippen molar-refractivity contribution < 1.29 is 19.4 Å². The van der Waals surface area contributed by atoms with E-state index in [1.807, 2.05) is 0 Å². The Morgan fingerprint density at radius 3 is 2.86 bits per heavy atom. The first kappa shape index (κ1) is 9.05. The van der Waals surface area contributed by atoms with E-state index in [0.717, 1.165) is 0 Å². The van der Waals surface area contributed by atoms with E-state index < -0.39 is 12.1 Å². The van der Waals surface area contributed by atoms with Gasteiger partial charge in [-0.25, -0.2) is 4.79 Å². The molecule has 0 aromatic rings. The molecule has 1 N–H and O–H groups in total. The monoisotopic (exact) mass is 197 g/mol. The molecule has 1 amide bonds. The molecule has 5 nitrogen and oxygen atoms in total. The van der Waals surface area contributed by atoms with Gasteiger partial charge in [-0.3, -0.25) is 4.79 Å². The minimum absolute atomic E-state index is 0.121. The third-order valence-electron chi connectivity index (χ3n) is 2.74. The van der Waals surface area contributed by atoms with E-state index in [0.29, 0.717) is 6.54 Å². The Balaban J connectivity index is 1.84. The number of carboxylic acids is 1. The van der Waals surface area contributed by atoms with Gasteiger partial charge < -0.3 is 14.7 Å². The fourth-order valence-corrected chi connectivity index (χ4v) is 1.95. The van der Waals surface area contributed by atoms with Crippen molar-refractivity contribution in [1.82, 2.24) is 4.90 Å². The smallest absolute Gasteiger partial charge is 0.410 e. The van der Waals surface area contributed by atoms with Crippen LogP contribution in [0.15, 0.2) is 12.7 Å². The number of carboxylic acid groups (broad SMARTS) is 1. The molecule has 2 rings (SSSR count). The molecule has 0 bridgehead atoms. The summed E-state index contributed by atoms with van der Waals surface area (Å²) in [4.78, 5) is 23.3. The summed E-state index contributed by atoms with van der Waals surface area (Å²) in [7, 11) is 0. The summed E-state index contributed by atoms with van der Waals surface area (Å²) >= 11 is 0. The van der Waals surface area contributed by atoms with Gasteiger partial charge in [-0.2, -0.15) is 0 Å². The maximum Gasteiger partial charge on any atom is 0.410 e. The van der Waals surface area contributed by atoms with E-state index in [1.54, 1.807) is 0 Å². The summed E-state index contributed by atoms with van der Waals surface area (Å²) in [5.41, 5.74) is 0. The summed E-state index contributed by atoms with van der Waals surface area (Å²) in [5, 5.41) is 8.71. The molecule has 0 spiro atoms. The van der Waals surface area contributed by atoms with Crippen molar-refractivity contribution in [3.05, 3.63) is 12.7 Å². The van der Waals surface area contributed by atoms with Crippen LogP contribution < -0.4 is 0 Å². The molecule has 14 heavy (non-hydrogen) atoms. The highest BCUT2D eigenvalue weighted by molar-refractivity contribution is 5.80. The predicted octanol–water partition coefficient (Wildman–Crippen LogP) is 0.324. The van der Waals surface area contributed by atoms with Crippen molar-refractivity contribution in [2.45, 2.75) is 6.04 Å². The summed E-state index contributed by atoms with van der Waals surface area (Å²) < 4.78 is 4.80. The number of fused-ring (bicyclic) bond motifs is 1. The summed E-state index contributed by atoms with van der Waals surface area (Å²) in [6.07, 6.45) is 1.05. The van der Waals surface area contributed by atoms with Crippen LogP contribution in [0.25, 0.3) is 0 Å². The van der Waals surface area contributed by atoms with Crippen molar-refractivity contribution in [2.75, 3.05) is 13.2 Å². The third kappa shape index (κ3) is 1.16. The maximum atomic E-state index is 11.3. The lowest BCUT2D eigenvalue weighted by atomic mass is 10.2. The van der Waals surface area contributed by atoms with E-state index >= 15 is 0 Å². The van der Waals surface area contributed by atoms with E-state index in [4.69, 9.17) is 9.84 Å². The Morgan fingerprint density at radius 1 is 1.64 bits per heavy atom. The Kier molecular flexibility index (Phi) is 1.94. The zero-order chi connectivity index (χ0) is 10.3. The number of carbonyl (C=O) groups excluding carboxylic acids is 1. The molecule has 0 radical (unpaired) electrons. The highest BCUT2D eigenvalue weighted by atomic mass is 16.6. The summed E-state index contributed by atoms with van der Waals surface area (Å²) in [6.45, 7) is 4.10. The standard InChI is InChI=1S/C9H11NO4/c1-2-3-14-9(13)10-4-5-6(7(5)10)8(11)12/h2,5-7H,1,3-4H2,(H,11,12)/t5-,6-,7-/m1/s1. The van der Waals surface area contributed by atoms with Crippen LogP contribution in [0.5, 0.6) is 0 Å². The zero-order valence-corrected chi connectivity index (χ0v) is 7.55. The van der Waals surface area contributed by atoms with Gasteiger partial charge in [-0.05, 0) is 0 Å². The van der Waals surface area contributed by atoms with Crippen molar-refractivity contribution in [3.8, 4) is 0 Å². The van der Waals surface area contributed by atoms with Gasteiger partial charge >= 0.3 is 12.1 Å². The second-order valence-corrected chi connectivity index (χ2v) is 3.54. The number of carbonyl (C=O) groups is 2. The summed E-state index contributed by atoms with van der Waals surface area (Å²) in [5.74, 6) is -1.03. The number of nitrogens with zero attached hydrogens (tertiary/aromatic N) is 1. The first-order chi connectivity index (χ1) is 6.66. The second kappa shape index (κ2) is 3.01. The molecule has 0 aromatic heterocycles. The van der Waals surface area contributed by atoms with E-state index in [2.05, 4.69) is 6.58 Å². The number of aliphatic carboxylic acids is 1. The van der Waals surface area contributed by atoms with Crippen LogP contribution in [0, 0.1) is 11.8 Å². The zero-order valence-electron chi connectivity index (χ0n) is 7.55. The van der Waals surface area contributed by atoms with Crippen molar-refractivity contribution in [1.29, 1.82) is 0 Å². The fraction of sp³-hybridized carbons (Fsp3) is 0.556. The largest absolute Gasteiger partial charge is 0.481 e. The highest BCUT2D eigenvalue weighted by Crippen LogP contribution is 2.52. The number of amides is 1. The average Bonchev–Trinajstić information content (AvgIpc) is 2.67. The molecule has 1 saturated heterocycles. The van der Waals surface area contributed by atoms with Crippen LogP contribution in [0.3, 0.4) is 0 Å². The number of hydrogen-bond donors (Lipinski definition) is 1. The molecule has 1 saturated carbocycles. The van der Waals surface area contributed by atoms with E-state index in [-0.39, 0.29) is 24.5 Å². The topological polar surface area (TPSA) is 66.8 Å². The van der Waals surface area contributed by atoms with Gasteiger partial charge in [0.2, 0.25) is 0 Å². The lowest BCUT2D eigenvalue weighted by Crippen LogP contribution is -2.44. The number of hydrogen-bond acceptors (Lipinski definition) is 3. The fourth-order valence-electron chi connectivity index (χ4n) is 1.95. The molecule has 3 atom stereocenters. The molecular formula is C9H11NO4. The van der Waals surface area contributed by atoms with Gasteiger partial charge in [-0.1, -0.05) is 12.7 Å². The van der Waals surface area contributed by atoms with Gasteiger partial charge in [-0.15, -0.1) is 0 Å². The lowest BCUT2D eigenvalue weighted by molar-refractivity contribution is -0.138. The molecule has 76 valence electrons. The minimum Gasteiger partial charge on any atom is -0.481 e. The Hall–Kier alpha value is -1.52. The van der Waals surface area contributed by atoms with Gasteiger partial charge in [0.05, 0.1) is 12.0 Å². The molecule has 1 aliphatic heterocycles. The quantitative estimate of drug-likeness (QED) is 0.662. The molecule has 1 aliphatic carbocycles. The maximum absolute atomic E-state index is 11.3. The molecule has 2 fully saturated rings. The van der Waals surface area contributed by atoms with Crippen molar-refractivity contribution in [3.63, 3.8) is 0 Å². The highest BCUT2D eigenvalue weighted by Gasteiger charge is 2.67. The van der Waals surface area contributed by atoms with Gasteiger partial charge in [0.25, 0.3) is 0 Å². The Bertz CT molecular complexity index is 301. The normalized spacial score (nSPS) is 32.6. The minimum atomic E-state index is -0.820. The second-order valence-electron chi connectivity index (χ2n) is 3.54. The van der Waals surface area contributed by atoms with Gasteiger partial charge in [0.15, 0.2) is 0 Å². The summed E-state index contributed by atoms with van der Waals surface area (Å²) in [6, 6.07) is -0.121.